The molecular formula is C18H25Cl3N6O. The van der Waals surface area contributed by atoms with Crippen LogP contribution in [0, 0.1) is 0 Å². The van der Waals surface area contributed by atoms with Gasteiger partial charge >= 0.3 is 0 Å². The first-order valence-electron chi connectivity index (χ1n) is 8.80. The minimum absolute atomic E-state index is 0.0432. The molecule has 0 bridgehead atoms. The number of halogens is 3. The van der Waals surface area contributed by atoms with Crippen molar-refractivity contribution in [3.63, 3.8) is 0 Å². The van der Waals surface area contributed by atoms with Gasteiger partial charge in [0.2, 0.25) is 23.1 Å². The van der Waals surface area contributed by atoms with E-state index < -0.39 is 0 Å². The molecule has 0 saturated carbocycles. The maximum Gasteiger partial charge on any atom is 0.228 e. The van der Waals surface area contributed by atoms with E-state index in [1.54, 1.807) is 25.1 Å². The number of carbonyl (C=O) groups excluding carboxylic acids is 1. The Morgan fingerprint density at radius 1 is 0.929 bits per heavy atom. The molecular weight excluding hydrogens is 423 g/mol. The van der Waals surface area contributed by atoms with E-state index in [0.29, 0.717) is 34.1 Å². The minimum atomic E-state index is -0.0432. The molecule has 0 aliphatic heterocycles. The fourth-order valence-corrected chi connectivity index (χ4v) is 2.28. The van der Waals surface area contributed by atoms with Crippen molar-refractivity contribution in [2.45, 2.75) is 53.1 Å². The van der Waals surface area contributed by atoms with E-state index in [0.717, 1.165) is 0 Å². The van der Waals surface area contributed by atoms with Crippen LogP contribution in [0.3, 0.4) is 0 Å². The third kappa shape index (κ3) is 9.39. The summed E-state index contributed by atoms with van der Waals surface area (Å²) in [5.41, 5.74) is 0.668. The van der Waals surface area contributed by atoms with Crippen molar-refractivity contribution in [3.8, 4) is 0 Å². The summed E-state index contributed by atoms with van der Waals surface area (Å²) in [5.74, 6) is 0.944. The Morgan fingerprint density at radius 2 is 1.46 bits per heavy atom. The molecule has 0 aliphatic carbocycles. The van der Waals surface area contributed by atoms with Gasteiger partial charge in [-0.3, -0.25) is 4.79 Å². The van der Waals surface area contributed by atoms with Crippen molar-refractivity contribution in [3.05, 3.63) is 33.5 Å². The van der Waals surface area contributed by atoms with Gasteiger partial charge in [-0.15, -0.1) is 0 Å². The molecule has 0 unspecified atom stereocenters. The number of amides is 1. The van der Waals surface area contributed by atoms with Crippen LogP contribution in [-0.2, 0) is 4.79 Å². The molecule has 1 amide bonds. The summed E-state index contributed by atoms with van der Waals surface area (Å²) >= 11 is 17.2. The van der Waals surface area contributed by atoms with Gasteiger partial charge in [0.25, 0.3) is 0 Å². The fourth-order valence-electron chi connectivity index (χ4n) is 1.82. The minimum Gasteiger partial charge on any atom is -0.352 e. The topological polar surface area (TPSA) is 91.8 Å². The maximum absolute atomic E-state index is 11.0. The standard InChI is InChI=1S/C9H9Cl2NO.C9H16ClN5/c1-2-9(13)12-6-3-4-7(10)8(11)5-6;1-5(2)11-8-13-7(10)14-9(15-8)12-6(3)4/h3-5H,2H2,1H3,(H,12,13);5-6H,1-4H3,(H2,11,12,13,14,15). The summed E-state index contributed by atoms with van der Waals surface area (Å²) in [5, 5.41) is 9.94. The predicted octanol–water partition coefficient (Wildman–Crippen LogP) is 5.51. The van der Waals surface area contributed by atoms with Crippen molar-refractivity contribution >= 4 is 58.3 Å². The Balaban J connectivity index is 0.000000283. The van der Waals surface area contributed by atoms with E-state index in [9.17, 15) is 4.79 Å². The lowest BCUT2D eigenvalue weighted by Crippen LogP contribution is -2.17. The quantitative estimate of drug-likeness (QED) is 0.541. The number of hydrogen-bond acceptors (Lipinski definition) is 6. The molecule has 0 saturated heterocycles. The highest BCUT2D eigenvalue weighted by molar-refractivity contribution is 6.42. The second-order valence-electron chi connectivity index (χ2n) is 6.38. The molecule has 3 N–H and O–H groups in total. The van der Waals surface area contributed by atoms with E-state index in [1.165, 1.54) is 0 Å². The van der Waals surface area contributed by atoms with Crippen molar-refractivity contribution in [1.29, 1.82) is 0 Å². The highest BCUT2D eigenvalue weighted by Crippen LogP contribution is 2.24. The molecule has 1 aromatic carbocycles. The number of nitrogens with zero attached hydrogens (tertiary/aromatic N) is 3. The van der Waals surface area contributed by atoms with Crippen molar-refractivity contribution in [1.82, 2.24) is 15.0 Å². The molecule has 154 valence electrons. The van der Waals surface area contributed by atoms with Gasteiger partial charge in [-0.1, -0.05) is 30.1 Å². The number of aromatic nitrogens is 3. The molecule has 7 nitrogen and oxygen atoms in total. The number of rotatable bonds is 6. The molecule has 10 heteroatoms. The highest BCUT2D eigenvalue weighted by atomic mass is 35.5. The molecule has 1 heterocycles. The van der Waals surface area contributed by atoms with E-state index in [1.807, 2.05) is 27.7 Å². The van der Waals surface area contributed by atoms with Crippen LogP contribution in [0.4, 0.5) is 17.6 Å². The van der Waals surface area contributed by atoms with Gasteiger partial charge in [-0.05, 0) is 57.5 Å². The zero-order valence-electron chi connectivity index (χ0n) is 16.5. The van der Waals surface area contributed by atoms with E-state index in [2.05, 4.69) is 30.9 Å². The largest absolute Gasteiger partial charge is 0.352 e. The number of anilines is 3. The van der Waals surface area contributed by atoms with Crippen molar-refractivity contribution < 1.29 is 4.79 Å². The smallest absolute Gasteiger partial charge is 0.228 e. The summed E-state index contributed by atoms with van der Waals surface area (Å²) in [4.78, 5) is 23.1. The second kappa shape index (κ2) is 11.9. The number of hydrogen-bond donors (Lipinski definition) is 3. The van der Waals surface area contributed by atoms with Gasteiger partial charge in [-0.2, -0.15) is 15.0 Å². The lowest BCUT2D eigenvalue weighted by Gasteiger charge is -2.11. The van der Waals surface area contributed by atoms with Gasteiger partial charge in [0.05, 0.1) is 10.0 Å². The van der Waals surface area contributed by atoms with E-state index in [-0.39, 0.29) is 23.3 Å². The van der Waals surface area contributed by atoms with Gasteiger partial charge in [0, 0.05) is 24.2 Å². The molecule has 0 atom stereocenters. The zero-order chi connectivity index (χ0) is 21.3. The zero-order valence-corrected chi connectivity index (χ0v) is 18.7. The first kappa shape index (κ1) is 24.2. The van der Waals surface area contributed by atoms with Crippen molar-refractivity contribution in [2.24, 2.45) is 0 Å². The lowest BCUT2D eigenvalue weighted by molar-refractivity contribution is -0.115. The Morgan fingerprint density at radius 3 is 1.89 bits per heavy atom. The summed E-state index contributed by atoms with van der Waals surface area (Å²) in [7, 11) is 0. The van der Waals surface area contributed by atoms with Gasteiger partial charge in [-0.25, -0.2) is 0 Å². The van der Waals surface area contributed by atoms with Gasteiger partial charge < -0.3 is 16.0 Å². The van der Waals surface area contributed by atoms with E-state index >= 15 is 0 Å². The highest BCUT2D eigenvalue weighted by Gasteiger charge is 2.06. The predicted molar refractivity (Wildman–Crippen MR) is 118 cm³/mol. The Bertz CT molecular complexity index is 758. The summed E-state index contributed by atoms with van der Waals surface area (Å²) in [6.07, 6.45) is 0.445. The monoisotopic (exact) mass is 446 g/mol. The van der Waals surface area contributed by atoms with Crippen molar-refractivity contribution in [2.75, 3.05) is 16.0 Å². The molecule has 2 rings (SSSR count). The van der Waals surface area contributed by atoms with Crippen LogP contribution in [0.1, 0.15) is 41.0 Å². The molecule has 2 aromatic rings. The Labute approximate surface area is 180 Å². The van der Waals surface area contributed by atoms with Gasteiger partial charge in [0.15, 0.2) is 0 Å². The Hall–Kier alpha value is -1.83. The first-order chi connectivity index (χ1) is 13.1. The van der Waals surface area contributed by atoms with Crippen LogP contribution in [0.5, 0.6) is 0 Å². The third-order valence-corrected chi connectivity index (χ3v) is 3.88. The molecule has 0 spiro atoms. The molecule has 0 radical (unpaired) electrons. The average molecular weight is 448 g/mol. The number of nitrogens with one attached hydrogen (secondary N) is 3. The van der Waals surface area contributed by atoms with Crippen LogP contribution in [0.2, 0.25) is 15.3 Å². The SMILES string of the molecule is CC(C)Nc1nc(Cl)nc(NC(C)C)n1.CCC(=O)Nc1ccc(Cl)c(Cl)c1. The molecule has 0 fully saturated rings. The van der Waals surface area contributed by atoms with Crippen LogP contribution in [-0.4, -0.2) is 32.9 Å². The fraction of sp³-hybridized carbons (Fsp3) is 0.444. The van der Waals surface area contributed by atoms with Crippen LogP contribution < -0.4 is 16.0 Å². The second-order valence-corrected chi connectivity index (χ2v) is 7.53. The summed E-state index contributed by atoms with van der Waals surface area (Å²) in [6.45, 7) is 9.81. The Kier molecular flexibility index (Phi) is 10.3. The first-order valence-corrected chi connectivity index (χ1v) is 9.93. The van der Waals surface area contributed by atoms with Crippen LogP contribution in [0.25, 0.3) is 0 Å². The van der Waals surface area contributed by atoms with E-state index in [4.69, 9.17) is 34.8 Å². The maximum atomic E-state index is 11.0. The average Bonchev–Trinajstić information content (AvgIpc) is 2.57. The molecule has 0 aliphatic rings. The third-order valence-electron chi connectivity index (χ3n) is 2.97. The number of benzene rings is 1. The number of carbonyl (C=O) groups is 1. The summed E-state index contributed by atoms with van der Waals surface area (Å²) in [6, 6.07) is 5.50. The van der Waals surface area contributed by atoms with Crippen LogP contribution in [0.15, 0.2) is 18.2 Å². The van der Waals surface area contributed by atoms with Crippen LogP contribution >= 0.6 is 34.8 Å². The van der Waals surface area contributed by atoms with Gasteiger partial charge in [0.1, 0.15) is 0 Å². The normalized spacial score (nSPS) is 10.4. The summed E-state index contributed by atoms with van der Waals surface area (Å²) < 4.78 is 0. The lowest BCUT2D eigenvalue weighted by atomic mass is 10.3. The molecule has 28 heavy (non-hydrogen) atoms. The molecule has 1 aromatic heterocycles.